The van der Waals surface area contributed by atoms with E-state index in [0.29, 0.717) is 5.56 Å². The fraction of sp³-hybridized carbons (Fsp3) is 0.182. The van der Waals surface area contributed by atoms with E-state index >= 15 is 0 Å². The van der Waals surface area contributed by atoms with Crippen LogP contribution in [0.2, 0.25) is 0 Å². The minimum absolute atomic E-state index is 0.229. The van der Waals surface area contributed by atoms with E-state index in [9.17, 15) is 17.1 Å². The van der Waals surface area contributed by atoms with Crippen LogP contribution in [0.25, 0.3) is 0 Å². The Morgan fingerprint density at radius 2 is 1.94 bits per heavy atom. The van der Waals surface area contributed by atoms with Crippen LogP contribution in [0.3, 0.4) is 0 Å². The molecule has 0 amide bonds. The number of esters is 1. The number of ether oxygens (including phenoxy) is 1. The average molecular weight is 256 g/mol. The lowest BCUT2D eigenvalue weighted by molar-refractivity contribution is -0.136. The Hall–Kier alpha value is -1.87. The van der Waals surface area contributed by atoms with Crippen LogP contribution < -0.4 is 0 Å². The zero-order chi connectivity index (χ0) is 12.9. The molecule has 17 heavy (non-hydrogen) atoms. The van der Waals surface area contributed by atoms with Gasteiger partial charge in [-0.15, -0.1) is 3.89 Å². The lowest BCUT2D eigenvalue weighted by Crippen LogP contribution is -1.99. The molecule has 1 aromatic carbocycles. The Balaban J connectivity index is 2.86. The Morgan fingerprint density at radius 3 is 2.41 bits per heavy atom. The molecule has 1 aromatic rings. The highest BCUT2D eigenvalue weighted by molar-refractivity contribution is 7.86. The number of hydrogen-bond donors (Lipinski definition) is 0. The van der Waals surface area contributed by atoms with E-state index < -0.39 is 21.1 Å². The van der Waals surface area contributed by atoms with Crippen LogP contribution in [0.4, 0.5) is 3.89 Å². The monoisotopic (exact) mass is 256 g/mol. The average Bonchev–Trinajstić information content (AvgIpc) is 2.26. The molecule has 0 spiro atoms. The van der Waals surface area contributed by atoms with Gasteiger partial charge in [-0.25, -0.2) is 4.79 Å². The molecule has 1 rings (SSSR count). The first-order chi connectivity index (χ1) is 7.93. The predicted molar refractivity (Wildman–Crippen MR) is 58.2 cm³/mol. The third kappa shape index (κ3) is 4.25. The fourth-order valence-corrected chi connectivity index (χ4v) is 1.45. The highest BCUT2D eigenvalue weighted by Crippen LogP contribution is 2.12. The molecule has 0 atom stereocenters. The molecule has 0 aliphatic heterocycles. The predicted octanol–water partition coefficient (Wildman–Crippen LogP) is 1.26. The lowest BCUT2D eigenvalue weighted by atomic mass is 10.2. The number of rotatable bonds is 2. The van der Waals surface area contributed by atoms with Gasteiger partial charge in [0.25, 0.3) is 0 Å². The molecule has 0 aliphatic rings. The molecule has 0 aliphatic carbocycles. The van der Waals surface area contributed by atoms with E-state index in [1.54, 1.807) is 6.92 Å². The maximum Gasteiger partial charge on any atom is 0.384 e. The molecule has 0 radical (unpaired) electrons. The van der Waals surface area contributed by atoms with Crippen molar-refractivity contribution in [3.63, 3.8) is 0 Å². The highest BCUT2D eigenvalue weighted by Gasteiger charge is 2.10. The normalized spacial score (nSPS) is 10.2. The number of benzene rings is 1. The van der Waals surface area contributed by atoms with Crippen molar-refractivity contribution < 1.29 is 21.8 Å². The summed E-state index contributed by atoms with van der Waals surface area (Å²) in [7, 11) is -4.70. The van der Waals surface area contributed by atoms with E-state index in [0.717, 1.165) is 12.1 Å². The van der Waals surface area contributed by atoms with Crippen LogP contribution in [-0.2, 0) is 19.8 Å². The van der Waals surface area contributed by atoms with E-state index in [-0.39, 0.29) is 6.61 Å². The standard InChI is InChI=1S/C11H9FO4S/c1-2-16-11(13)8-5-9-3-6-10(7-4-9)17(12,14)15/h3-4,6-7H,2H2,1H3. The van der Waals surface area contributed by atoms with Gasteiger partial charge in [-0.3, -0.25) is 0 Å². The van der Waals surface area contributed by atoms with Gasteiger partial charge in [0.1, 0.15) is 0 Å². The summed E-state index contributed by atoms with van der Waals surface area (Å²) in [5.41, 5.74) is 0.394. The highest BCUT2D eigenvalue weighted by atomic mass is 32.3. The lowest BCUT2D eigenvalue weighted by Gasteiger charge is -1.94. The Kier molecular flexibility index (Phi) is 4.24. The smallest absolute Gasteiger partial charge is 0.384 e. The maximum atomic E-state index is 12.5. The minimum Gasteiger partial charge on any atom is -0.456 e. The van der Waals surface area contributed by atoms with Crippen LogP contribution >= 0.6 is 0 Å². The first-order valence-electron chi connectivity index (χ1n) is 4.67. The molecule has 0 saturated carbocycles. The van der Waals surface area contributed by atoms with E-state index in [1.807, 2.05) is 0 Å². The maximum absolute atomic E-state index is 12.5. The zero-order valence-corrected chi connectivity index (χ0v) is 9.75. The van der Waals surface area contributed by atoms with Crippen molar-refractivity contribution in [2.75, 3.05) is 6.61 Å². The largest absolute Gasteiger partial charge is 0.456 e. The van der Waals surface area contributed by atoms with Gasteiger partial charge in [0, 0.05) is 11.5 Å². The molecule has 0 unspecified atom stereocenters. The molecule has 0 N–H and O–H groups in total. The SMILES string of the molecule is CCOC(=O)C#Cc1ccc(S(=O)(=O)F)cc1. The van der Waals surface area contributed by atoms with Crippen molar-refractivity contribution in [3.05, 3.63) is 29.8 Å². The molecule has 0 heterocycles. The van der Waals surface area contributed by atoms with Gasteiger partial charge in [0.05, 0.1) is 11.5 Å². The number of hydrogen-bond acceptors (Lipinski definition) is 4. The molecule has 4 nitrogen and oxygen atoms in total. The van der Waals surface area contributed by atoms with Crippen molar-refractivity contribution in [3.8, 4) is 11.8 Å². The second-order valence-corrected chi connectivity index (χ2v) is 4.28. The molecule has 90 valence electrons. The summed E-state index contributed by atoms with van der Waals surface area (Å²) in [4.78, 5) is 10.4. The van der Waals surface area contributed by atoms with Crippen molar-refractivity contribution in [2.24, 2.45) is 0 Å². The van der Waals surface area contributed by atoms with E-state index in [1.165, 1.54) is 12.1 Å². The summed E-state index contributed by atoms with van der Waals surface area (Å²) < 4.78 is 38.1. The van der Waals surface area contributed by atoms with Crippen LogP contribution in [0.5, 0.6) is 0 Å². The van der Waals surface area contributed by atoms with Gasteiger partial charge in [0.2, 0.25) is 0 Å². The Bertz CT molecular complexity index is 564. The second kappa shape index (κ2) is 5.46. The summed E-state index contributed by atoms with van der Waals surface area (Å²) >= 11 is 0. The molecular weight excluding hydrogens is 247 g/mol. The summed E-state index contributed by atoms with van der Waals surface area (Å²) in [5, 5.41) is 0. The quantitative estimate of drug-likeness (QED) is 0.454. The van der Waals surface area contributed by atoms with Crippen LogP contribution in [0, 0.1) is 11.8 Å². The zero-order valence-electron chi connectivity index (χ0n) is 8.94. The van der Waals surface area contributed by atoms with Gasteiger partial charge in [-0.1, -0.05) is 5.92 Å². The first-order valence-corrected chi connectivity index (χ1v) is 6.05. The van der Waals surface area contributed by atoms with Gasteiger partial charge < -0.3 is 4.74 Å². The van der Waals surface area contributed by atoms with Gasteiger partial charge in [0.15, 0.2) is 0 Å². The topological polar surface area (TPSA) is 60.4 Å². The minimum atomic E-state index is -4.70. The first kappa shape index (κ1) is 13.2. The molecule has 6 heteroatoms. The summed E-state index contributed by atoms with van der Waals surface area (Å²) in [6.07, 6.45) is 0. The number of halogens is 1. The number of carbonyl (C=O) groups is 1. The van der Waals surface area contributed by atoms with E-state index in [2.05, 4.69) is 16.6 Å². The van der Waals surface area contributed by atoms with Crippen molar-refractivity contribution in [1.82, 2.24) is 0 Å². The third-order valence-electron chi connectivity index (χ3n) is 1.72. The van der Waals surface area contributed by atoms with Gasteiger partial charge >= 0.3 is 16.2 Å². The third-order valence-corrected chi connectivity index (χ3v) is 2.56. The molecule has 0 saturated heterocycles. The molecule has 0 aromatic heterocycles. The van der Waals surface area contributed by atoms with Crippen molar-refractivity contribution in [2.45, 2.75) is 11.8 Å². The Labute approximate surface area is 98.6 Å². The van der Waals surface area contributed by atoms with E-state index in [4.69, 9.17) is 0 Å². The fourth-order valence-electron chi connectivity index (χ4n) is 0.991. The van der Waals surface area contributed by atoms with Gasteiger partial charge in [-0.2, -0.15) is 8.42 Å². The molecule has 0 bridgehead atoms. The molecular formula is C11H9FO4S. The van der Waals surface area contributed by atoms with Gasteiger partial charge in [-0.05, 0) is 31.2 Å². The number of carbonyl (C=O) groups excluding carboxylic acids is 1. The second-order valence-electron chi connectivity index (χ2n) is 2.93. The van der Waals surface area contributed by atoms with Crippen LogP contribution in [-0.4, -0.2) is 21.0 Å². The summed E-state index contributed by atoms with van der Waals surface area (Å²) in [5.74, 6) is 4.00. The van der Waals surface area contributed by atoms with Crippen LogP contribution in [0.1, 0.15) is 12.5 Å². The Morgan fingerprint density at radius 1 is 1.35 bits per heavy atom. The van der Waals surface area contributed by atoms with Crippen molar-refractivity contribution >= 4 is 16.2 Å². The summed E-state index contributed by atoms with van der Waals surface area (Å²) in [6, 6.07) is 4.76. The molecule has 0 fully saturated rings. The van der Waals surface area contributed by atoms with Crippen LogP contribution in [0.15, 0.2) is 29.2 Å². The summed E-state index contributed by atoms with van der Waals surface area (Å²) in [6.45, 7) is 1.88. The van der Waals surface area contributed by atoms with Crippen molar-refractivity contribution in [1.29, 1.82) is 0 Å².